The summed E-state index contributed by atoms with van der Waals surface area (Å²) < 4.78 is -0.0475. The molecule has 1 aliphatic heterocycles. The van der Waals surface area contributed by atoms with Crippen LogP contribution in [0.5, 0.6) is 0 Å². The summed E-state index contributed by atoms with van der Waals surface area (Å²) in [4.78, 5) is 22.3. The molecule has 24 heavy (non-hydrogen) atoms. The van der Waals surface area contributed by atoms with Crippen LogP contribution in [0.2, 0.25) is 0 Å². The van der Waals surface area contributed by atoms with E-state index >= 15 is 0 Å². The van der Waals surface area contributed by atoms with Crippen molar-refractivity contribution in [1.29, 1.82) is 0 Å². The summed E-state index contributed by atoms with van der Waals surface area (Å²) in [7, 11) is 0. The summed E-state index contributed by atoms with van der Waals surface area (Å²) >= 11 is 3.09. The number of hydrogen-bond donors (Lipinski definition) is 4. The van der Waals surface area contributed by atoms with Gasteiger partial charge in [0.05, 0.1) is 5.37 Å². The molecule has 0 aromatic rings. The summed E-state index contributed by atoms with van der Waals surface area (Å²) in [5.74, 6) is -1.15. The summed E-state index contributed by atoms with van der Waals surface area (Å²) in [5, 5.41) is 21.3. The quantitative estimate of drug-likeness (QED) is 0.477. The molecule has 1 heterocycles. The molecular weight excluding hydrogens is 348 g/mol. The number of carbonyl (C=O) groups is 2. The zero-order chi connectivity index (χ0) is 18.3. The molecule has 0 radical (unpaired) electrons. The minimum atomic E-state index is -1.04. The largest absolute Gasteiger partial charge is 0.480 e. The predicted octanol–water partition coefficient (Wildman–Crippen LogP) is 2.14. The molecule has 1 fully saturated rings. The number of carboxylic acid groups (broad SMARTS) is 2. The highest BCUT2D eigenvalue weighted by atomic mass is 32.2. The lowest BCUT2D eigenvalue weighted by molar-refractivity contribution is -0.139. The normalized spacial score (nSPS) is 28.7. The van der Waals surface area contributed by atoms with E-state index < -0.39 is 24.0 Å². The Morgan fingerprint density at radius 2 is 2.12 bits per heavy atom. The van der Waals surface area contributed by atoms with Crippen molar-refractivity contribution in [2.45, 2.75) is 62.2 Å². The van der Waals surface area contributed by atoms with Gasteiger partial charge in [-0.3, -0.25) is 14.9 Å². The fourth-order valence-electron chi connectivity index (χ4n) is 2.45. The Bertz CT molecular complexity index is 483. The highest BCUT2D eigenvalue weighted by Crippen LogP contribution is 2.39. The van der Waals surface area contributed by atoms with Crippen LogP contribution in [0.4, 0.5) is 0 Å². The minimum Gasteiger partial charge on any atom is -0.480 e. The summed E-state index contributed by atoms with van der Waals surface area (Å²) in [6.07, 6.45) is 4.88. The third-order valence-electron chi connectivity index (χ3n) is 3.92. The first-order valence-corrected chi connectivity index (χ1v) is 10.0. The lowest BCUT2D eigenvalue weighted by Gasteiger charge is -2.30. The van der Waals surface area contributed by atoms with Gasteiger partial charge in [0.25, 0.3) is 0 Å². The second kappa shape index (κ2) is 9.70. The Morgan fingerprint density at radius 1 is 1.46 bits per heavy atom. The van der Waals surface area contributed by atoms with Gasteiger partial charge in [-0.2, -0.15) is 11.8 Å². The third-order valence-corrected chi connectivity index (χ3v) is 6.75. The van der Waals surface area contributed by atoms with E-state index in [2.05, 4.69) is 32.2 Å². The van der Waals surface area contributed by atoms with Crippen LogP contribution in [0, 0.1) is 0 Å². The first-order chi connectivity index (χ1) is 11.1. The molecule has 1 rings (SSSR count). The van der Waals surface area contributed by atoms with E-state index in [-0.39, 0.29) is 15.9 Å². The number of nitrogens with two attached hydrogens (primary N) is 1. The number of nitrogens with one attached hydrogen (secondary N) is 1. The van der Waals surface area contributed by atoms with E-state index in [1.165, 1.54) is 17.3 Å². The van der Waals surface area contributed by atoms with Crippen molar-refractivity contribution in [3.8, 4) is 0 Å². The number of hydrogen-bond acceptors (Lipinski definition) is 6. The highest BCUT2D eigenvalue weighted by Gasteiger charge is 2.36. The van der Waals surface area contributed by atoms with Gasteiger partial charge in [0.2, 0.25) is 0 Å². The van der Waals surface area contributed by atoms with Gasteiger partial charge in [-0.15, -0.1) is 11.8 Å². The Kier molecular flexibility index (Phi) is 8.62. The number of rotatable bonds is 8. The lowest BCUT2D eigenvalue weighted by atomic mass is 9.99. The van der Waals surface area contributed by atoms with Crippen LogP contribution in [0.15, 0.2) is 11.6 Å². The second-order valence-corrected chi connectivity index (χ2v) is 9.45. The molecule has 138 valence electrons. The van der Waals surface area contributed by atoms with Crippen molar-refractivity contribution >= 4 is 35.5 Å². The molecule has 0 saturated carbocycles. The molecule has 1 aliphatic rings. The molecule has 1 saturated heterocycles. The maximum Gasteiger partial charge on any atom is 0.321 e. The monoisotopic (exact) mass is 376 g/mol. The average molecular weight is 377 g/mol. The van der Waals surface area contributed by atoms with Gasteiger partial charge >= 0.3 is 11.9 Å². The molecule has 0 aromatic carbocycles. The van der Waals surface area contributed by atoms with Gasteiger partial charge in [-0.25, -0.2) is 0 Å². The lowest BCUT2D eigenvalue weighted by Crippen LogP contribution is -2.44. The molecule has 5 N–H and O–H groups in total. The van der Waals surface area contributed by atoms with E-state index in [0.717, 1.165) is 19.3 Å². The van der Waals surface area contributed by atoms with Crippen molar-refractivity contribution in [2.24, 2.45) is 5.73 Å². The predicted molar refractivity (Wildman–Crippen MR) is 101 cm³/mol. The molecule has 0 amide bonds. The van der Waals surface area contributed by atoms with Crippen LogP contribution in [0.1, 0.15) is 40.0 Å². The Balaban J connectivity index is 2.76. The fraction of sp³-hybridized carbons (Fsp3) is 0.750. The summed E-state index contributed by atoms with van der Waals surface area (Å²) in [5.41, 5.74) is 6.85. The molecule has 0 aliphatic carbocycles. The molecule has 6 nitrogen and oxygen atoms in total. The van der Waals surface area contributed by atoms with Gasteiger partial charge in [0, 0.05) is 16.3 Å². The SMILES string of the molecule is CC(C)=CCCC1(C)CC(SC[C@H](N)C(=O)O)N[C@H](C(=O)O)CS1. The zero-order valence-electron chi connectivity index (χ0n) is 14.4. The van der Waals surface area contributed by atoms with Crippen LogP contribution in [0.25, 0.3) is 0 Å². The van der Waals surface area contributed by atoms with Gasteiger partial charge in [-0.05, 0) is 33.1 Å². The van der Waals surface area contributed by atoms with Crippen molar-refractivity contribution in [3.63, 3.8) is 0 Å². The third kappa shape index (κ3) is 7.46. The maximum absolute atomic E-state index is 11.4. The van der Waals surface area contributed by atoms with Crippen molar-refractivity contribution in [1.82, 2.24) is 5.32 Å². The number of aliphatic carboxylic acids is 2. The Hall–Kier alpha value is -0.700. The van der Waals surface area contributed by atoms with Crippen molar-refractivity contribution in [2.75, 3.05) is 11.5 Å². The van der Waals surface area contributed by atoms with Crippen LogP contribution in [0.3, 0.4) is 0 Å². The van der Waals surface area contributed by atoms with Gasteiger partial charge in [0.15, 0.2) is 0 Å². The minimum absolute atomic E-state index is 0.0475. The van der Waals surface area contributed by atoms with Crippen molar-refractivity contribution < 1.29 is 19.8 Å². The van der Waals surface area contributed by atoms with Gasteiger partial charge in [-0.1, -0.05) is 18.6 Å². The first kappa shape index (κ1) is 21.3. The van der Waals surface area contributed by atoms with Crippen molar-refractivity contribution in [3.05, 3.63) is 11.6 Å². The maximum atomic E-state index is 11.4. The topological polar surface area (TPSA) is 113 Å². The molecule has 2 unspecified atom stereocenters. The van der Waals surface area contributed by atoms with E-state index in [1.54, 1.807) is 11.8 Å². The Labute approximate surface area is 152 Å². The van der Waals surface area contributed by atoms with Crippen LogP contribution in [-0.4, -0.2) is 55.9 Å². The molecular formula is C16H28N2O4S2. The summed E-state index contributed by atoms with van der Waals surface area (Å²) in [6, 6.07) is -1.56. The van der Waals surface area contributed by atoms with Crippen LogP contribution in [-0.2, 0) is 9.59 Å². The Morgan fingerprint density at radius 3 is 2.67 bits per heavy atom. The van der Waals surface area contributed by atoms with E-state index in [4.69, 9.17) is 10.8 Å². The molecule has 0 spiro atoms. The average Bonchev–Trinajstić information content (AvgIpc) is 2.63. The zero-order valence-corrected chi connectivity index (χ0v) is 16.1. The number of carboxylic acids is 2. The van der Waals surface area contributed by atoms with Gasteiger partial charge in [0.1, 0.15) is 12.1 Å². The summed E-state index contributed by atoms with van der Waals surface area (Å²) in [6.45, 7) is 6.29. The molecule has 0 aromatic heterocycles. The van der Waals surface area contributed by atoms with E-state index in [0.29, 0.717) is 5.75 Å². The second-order valence-electron chi connectivity index (χ2n) is 6.61. The highest BCUT2D eigenvalue weighted by molar-refractivity contribution is 8.01. The first-order valence-electron chi connectivity index (χ1n) is 7.99. The molecule has 8 heteroatoms. The fourth-order valence-corrected chi connectivity index (χ4v) is 5.24. The molecule has 4 atom stereocenters. The standard InChI is InChI=1S/C16H28N2O4S2/c1-10(2)5-4-6-16(3)7-13(23-8-11(17)14(19)20)18-12(9-24-16)15(21)22/h5,11-13,18H,4,6-9,17H2,1-3H3,(H,19,20)(H,21,22)/t11-,12-,13?,16?/m0/s1. The molecule has 0 bridgehead atoms. The smallest absolute Gasteiger partial charge is 0.321 e. The van der Waals surface area contributed by atoms with Crippen LogP contribution < -0.4 is 11.1 Å². The van der Waals surface area contributed by atoms with E-state index in [1.807, 2.05) is 0 Å². The van der Waals surface area contributed by atoms with Crippen LogP contribution >= 0.6 is 23.5 Å². The van der Waals surface area contributed by atoms with Gasteiger partial charge < -0.3 is 15.9 Å². The van der Waals surface area contributed by atoms with E-state index in [9.17, 15) is 14.7 Å². The number of thioether (sulfide) groups is 2. The number of allylic oxidation sites excluding steroid dienone is 2.